The van der Waals surface area contributed by atoms with Gasteiger partial charge in [0.05, 0.1) is 16.7 Å². The lowest BCUT2D eigenvalue weighted by molar-refractivity contribution is 0.669. The average molecular weight is 500 g/mol. The minimum absolute atomic E-state index is 0.901. The van der Waals surface area contributed by atoms with Gasteiger partial charge in [0.25, 0.3) is 0 Å². The maximum absolute atomic E-state index is 6.57. The molecule has 0 spiro atoms. The fourth-order valence-corrected chi connectivity index (χ4v) is 6.29. The van der Waals surface area contributed by atoms with Gasteiger partial charge < -0.3 is 13.4 Å². The summed E-state index contributed by atoms with van der Waals surface area (Å²) in [4.78, 5) is 0. The average Bonchev–Trinajstić information content (AvgIpc) is 3.66. The van der Waals surface area contributed by atoms with E-state index in [1.54, 1.807) is 0 Å². The summed E-state index contributed by atoms with van der Waals surface area (Å²) >= 11 is 0. The van der Waals surface area contributed by atoms with E-state index < -0.39 is 0 Å². The van der Waals surface area contributed by atoms with Gasteiger partial charge in [0, 0.05) is 37.9 Å². The molecule has 182 valence electrons. The normalized spacial score (nSPS) is 12.1. The van der Waals surface area contributed by atoms with Crippen molar-refractivity contribution in [1.29, 1.82) is 0 Å². The molecule has 0 saturated carbocycles. The number of aromatic nitrogens is 1. The molecule has 0 amide bonds. The maximum atomic E-state index is 6.57. The maximum Gasteiger partial charge on any atom is 0.160 e. The molecule has 0 aliphatic rings. The Hall–Kier alpha value is -5.28. The van der Waals surface area contributed by atoms with E-state index in [0.29, 0.717) is 0 Å². The highest BCUT2D eigenvalue weighted by atomic mass is 16.3. The van der Waals surface area contributed by atoms with Crippen LogP contribution in [0.15, 0.2) is 136 Å². The fraction of sp³-hybridized carbons (Fsp3) is 0. The van der Waals surface area contributed by atoms with Crippen LogP contribution in [0, 0.1) is 0 Å². The lowest BCUT2D eigenvalue weighted by Gasteiger charge is -2.14. The Labute approximate surface area is 223 Å². The van der Waals surface area contributed by atoms with E-state index in [-0.39, 0.29) is 0 Å². The van der Waals surface area contributed by atoms with Gasteiger partial charge in [-0.15, -0.1) is 0 Å². The van der Waals surface area contributed by atoms with Crippen molar-refractivity contribution in [2.24, 2.45) is 0 Å². The Morgan fingerprint density at radius 3 is 1.95 bits per heavy atom. The molecule has 0 aliphatic heterocycles. The summed E-state index contributed by atoms with van der Waals surface area (Å²) in [6, 6.07) is 44.7. The number of para-hydroxylation sites is 4. The molecular weight excluding hydrogens is 478 g/mol. The van der Waals surface area contributed by atoms with Crippen LogP contribution in [0.5, 0.6) is 0 Å². The van der Waals surface area contributed by atoms with E-state index in [9.17, 15) is 0 Å². The molecule has 0 radical (unpaired) electrons. The first-order valence-electron chi connectivity index (χ1n) is 13.2. The predicted molar refractivity (Wildman–Crippen MR) is 161 cm³/mol. The first-order chi connectivity index (χ1) is 19.3. The van der Waals surface area contributed by atoms with Gasteiger partial charge in [-0.3, -0.25) is 0 Å². The fourth-order valence-electron chi connectivity index (χ4n) is 6.29. The van der Waals surface area contributed by atoms with Crippen LogP contribution in [-0.2, 0) is 0 Å². The van der Waals surface area contributed by atoms with Gasteiger partial charge in [-0.2, -0.15) is 0 Å². The zero-order valence-corrected chi connectivity index (χ0v) is 20.9. The third-order valence-corrected chi connectivity index (χ3v) is 8.01. The topological polar surface area (TPSA) is 31.2 Å². The summed E-state index contributed by atoms with van der Waals surface area (Å²) in [5.41, 5.74) is 9.29. The molecule has 3 nitrogen and oxygen atoms in total. The van der Waals surface area contributed by atoms with Gasteiger partial charge >= 0.3 is 0 Å². The summed E-state index contributed by atoms with van der Waals surface area (Å²) in [7, 11) is 0. The van der Waals surface area contributed by atoms with Crippen molar-refractivity contribution in [3.8, 4) is 16.8 Å². The molecule has 9 rings (SSSR count). The van der Waals surface area contributed by atoms with Crippen LogP contribution < -0.4 is 0 Å². The zero-order valence-electron chi connectivity index (χ0n) is 20.9. The Bertz CT molecular complexity index is 2400. The molecule has 0 bridgehead atoms. The second-order valence-corrected chi connectivity index (χ2v) is 10.1. The second kappa shape index (κ2) is 7.62. The van der Waals surface area contributed by atoms with Crippen LogP contribution in [0.25, 0.3) is 82.5 Å². The highest BCUT2D eigenvalue weighted by Crippen LogP contribution is 2.42. The Morgan fingerprint density at radius 1 is 0.436 bits per heavy atom. The zero-order chi connectivity index (χ0) is 25.5. The molecule has 0 saturated heterocycles. The SMILES string of the molecule is c1ccc(-n2c3ccccc3c3ccc4c5ccccc5oc4c32)c(-c2ccc3oc4ccccc4c3c2)c1. The molecule has 3 aromatic heterocycles. The molecule has 3 heterocycles. The van der Waals surface area contributed by atoms with Crippen LogP contribution in [0.4, 0.5) is 0 Å². The molecule has 0 unspecified atom stereocenters. The van der Waals surface area contributed by atoms with Crippen molar-refractivity contribution in [3.05, 3.63) is 127 Å². The van der Waals surface area contributed by atoms with Crippen molar-refractivity contribution < 1.29 is 8.83 Å². The predicted octanol–water partition coefficient (Wildman–Crippen LogP) is 10.2. The van der Waals surface area contributed by atoms with Crippen molar-refractivity contribution in [1.82, 2.24) is 4.57 Å². The highest BCUT2D eigenvalue weighted by molar-refractivity contribution is 6.21. The third-order valence-electron chi connectivity index (χ3n) is 8.01. The number of fused-ring (bicyclic) bond motifs is 10. The van der Waals surface area contributed by atoms with Gasteiger partial charge in [0.2, 0.25) is 0 Å². The number of rotatable bonds is 2. The molecule has 0 fully saturated rings. The van der Waals surface area contributed by atoms with Crippen LogP contribution in [0.3, 0.4) is 0 Å². The van der Waals surface area contributed by atoms with Gasteiger partial charge in [0.15, 0.2) is 5.58 Å². The Kier molecular flexibility index (Phi) is 4.05. The number of hydrogen-bond acceptors (Lipinski definition) is 2. The largest absolute Gasteiger partial charge is 0.456 e. The van der Waals surface area contributed by atoms with Crippen LogP contribution in [0.1, 0.15) is 0 Å². The molecule has 0 atom stereocenters. The van der Waals surface area contributed by atoms with E-state index in [4.69, 9.17) is 8.83 Å². The van der Waals surface area contributed by atoms with Crippen molar-refractivity contribution in [2.45, 2.75) is 0 Å². The second-order valence-electron chi connectivity index (χ2n) is 10.1. The van der Waals surface area contributed by atoms with Crippen molar-refractivity contribution in [2.75, 3.05) is 0 Å². The monoisotopic (exact) mass is 499 g/mol. The Balaban J connectivity index is 1.41. The van der Waals surface area contributed by atoms with Crippen LogP contribution in [0.2, 0.25) is 0 Å². The Morgan fingerprint density at radius 2 is 1.08 bits per heavy atom. The lowest BCUT2D eigenvalue weighted by Crippen LogP contribution is -1.97. The summed E-state index contributed by atoms with van der Waals surface area (Å²) in [5.74, 6) is 0. The molecule has 9 aromatic rings. The number of hydrogen-bond donors (Lipinski definition) is 0. The first kappa shape index (κ1) is 20.7. The molecule has 39 heavy (non-hydrogen) atoms. The number of nitrogens with zero attached hydrogens (tertiary/aromatic N) is 1. The van der Waals surface area contributed by atoms with E-state index in [2.05, 4.69) is 108 Å². The molecule has 0 aliphatic carbocycles. The summed E-state index contributed by atoms with van der Waals surface area (Å²) in [6.45, 7) is 0. The lowest BCUT2D eigenvalue weighted by atomic mass is 10.0. The smallest absolute Gasteiger partial charge is 0.160 e. The number of benzene rings is 6. The van der Waals surface area contributed by atoms with Crippen molar-refractivity contribution >= 4 is 65.7 Å². The standard InChI is InChI=1S/C36H21NO2/c1-5-13-30(23(9-1)22-17-20-34-29(21-22)26-12-4-7-15-32(26)38-34)37-31-14-6-2-10-24(31)27-18-19-28-25-11-3-8-16-33(25)39-36(28)35(27)37/h1-21H. The number of furan rings is 2. The van der Waals surface area contributed by atoms with Gasteiger partial charge in [-0.1, -0.05) is 84.9 Å². The molecular formula is C36H21NO2. The minimum Gasteiger partial charge on any atom is -0.456 e. The quantitative estimate of drug-likeness (QED) is 0.237. The van der Waals surface area contributed by atoms with E-state index in [1.165, 1.54) is 10.8 Å². The summed E-state index contributed by atoms with van der Waals surface area (Å²) in [5, 5.41) is 6.92. The van der Waals surface area contributed by atoms with E-state index in [1.807, 2.05) is 24.3 Å². The van der Waals surface area contributed by atoms with Gasteiger partial charge in [-0.05, 0) is 48.0 Å². The van der Waals surface area contributed by atoms with E-state index in [0.717, 1.165) is 71.7 Å². The van der Waals surface area contributed by atoms with Crippen molar-refractivity contribution in [3.63, 3.8) is 0 Å². The molecule has 6 aromatic carbocycles. The molecule has 0 N–H and O–H groups in total. The van der Waals surface area contributed by atoms with E-state index >= 15 is 0 Å². The molecule has 3 heteroatoms. The third kappa shape index (κ3) is 2.82. The van der Waals surface area contributed by atoms with Crippen LogP contribution >= 0.6 is 0 Å². The van der Waals surface area contributed by atoms with Gasteiger partial charge in [-0.25, -0.2) is 0 Å². The van der Waals surface area contributed by atoms with Crippen LogP contribution in [-0.4, -0.2) is 4.57 Å². The van der Waals surface area contributed by atoms with Gasteiger partial charge in [0.1, 0.15) is 16.7 Å². The summed E-state index contributed by atoms with van der Waals surface area (Å²) < 4.78 is 15.1. The first-order valence-corrected chi connectivity index (χ1v) is 13.2. The summed E-state index contributed by atoms with van der Waals surface area (Å²) in [6.07, 6.45) is 0. The minimum atomic E-state index is 0.901. The highest BCUT2D eigenvalue weighted by Gasteiger charge is 2.20.